The monoisotopic (exact) mass is 248 g/mol. The summed E-state index contributed by atoms with van der Waals surface area (Å²) in [7, 11) is 2.88. The van der Waals surface area contributed by atoms with Crippen LogP contribution in [0.4, 0.5) is 4.39 Å². The normalized spacial score (nSPS) is 13.1. The van der Waals surface area contributed by atoms with Gasteiger partial charge in [-0.3, -0.25) is 0 Å². The highest BCUT2D eigenvalue weighted by molar-refractivity contribution is 6.30. The van der Waals surface area contributed by atoms with Gasteiger partial charge in [0.2, 0.25) is 0 Å². The number of halogens is 2. The smallest absolute Gasteiger partial charge is 0.183 e. The van der Waals surface area contributed by atoms with E-state index in [9.17, 15) is 9.50 Å². The first kappa shape index (κ1) is 13.4. The number of hydrogen-bond acceptors (Lipinski definition) is 3. The number of aliphatic hydroxyl groups is 1. The third kappa shape index (κ3) is 3.42. The van der Waals surface area contributed by atoms with Crippen molar-refractivity contribution < 1.29 is 19.0 Å². The summed E-state index contributed by atoms with van der Waals surface area (Å²) in [6.45, 7) is 0. The first-order chi connectivity index (χ1) is 7.58. The van der Waals surface area contributed by atoms with Crippen molar-refractivity contribution in [2.75, 3.05) is 14.2 Å². The fourth-order valence-corrected chi connectivity index (χ4v) is 1.62. The Labute approximate surface area is 98.7 Å². The van der Waals surface area contributed by atoms with Crippen LogP contribution in [0.3, 0.4) is 0 Å². The molecule has 0 fully saturated rings. The van der Waals surface area contributed by atoms with Gasteiger partial charge in [-0.2, -0.15) is 0 Å². The molecule has 5 heteroatoms. The average Bonchev–Trinajstić information content (AvgIpc) is 2.25. The van der Waals surface area contributed by atoms with Gasteiger partial charge in [0.25, 0.3) is 0 Å². The zero-order valence-corrected chi connectivity index (χ0v) is 9.87. The molecule has 0 aromatic heterocycles. The van der Waals surface area contributed by atoms with E-state index in [2.05, 4.69) is 0 Å². The van der Waals surface area contributed by atoms with Crippen molar-refractivity contribution in [2.45, 2.75) is 18.8 Å². The predicted molar refractivity (Wildman–Crippen MR) is 58.9 cm³/mol. The van der Waals surface area contributed by atoms with Gasteiger partial charge in [0.15, 0.2) is 6.29 Å². The van der Waals surface area contributed by atoms with E-state index in [1.165, 1.54) is 26.4 Å². The van der Waals surface area contributed by atoms with E-state index in [4.69, 9.17) is 21.1 Å². The molecule has 0 amide bonds. The van der Waals surface area contributed by atoms with Gasteiger partial charge in [-0.1, -0.05) is 17.7 Å². The maximum Gasteiger partial charge on any atom is 0.183 e. The Morgan fingerprint density at radius 1 is 1.38 bits per heavy atom. The van der Waals surface area contributed by atoms with Crippen molar-refractivity contribution in [1.82, 2.24) is 0 Å². The Balaban J connectivity index is 2.69. The fourth-order valence-electron chi connectivity index (χ4n) is 1.41. The van der Waals surface area contributed by atoms with Gasteiger partial charge >= 0.3 is 0 Å². The first-order valence-corrected chi connectivity index (χ1v) is 5.14. The van der Waals surface area contributed by atoms with Crippen LogP contribution in [0.5, 0.6) is 0 Å². The Hall–Kier alpha value is -0.680. The maximum atomic E-state index is 12.9. The fraction of sp³-hybridized carbons (Fsp3) is 0.455. The van der Waals surface area contributed by atoms with Gasteiger partial charge in [-0.25, -0.2) is 4.39 Å². The lowest BCUT2D eigenvalue weighted by molar-refractivity contribution is -0.163. The highest BCUT2D eigenvalue weighted by Gasteiger charge is 2.18. The predicted octanol–water partition coefficient (Wildman–Crippen LogP) is 2.00. The highest BCUT2D eigenvalue weighted by atomic mass is 35.5. The van der Waals surface area contributed by atoms with Gasteiger partial charge in [-0.05, 0) is 17.7 Å². The molecule has 90 valence electrons. The van der Waals surface area contributed by atoms with Crippen molar-refractivity contribution >= 4 is 11.6 Å². The van der Waals surface area contributed by atoms with Gasteiger partial charge < -0.3 is 14.6 Å². The molecule has 0 saturated heterocycles. The van der Waals surface area contributed by atoms with E-state index in [1.807, 2.05) is 0 Å². The summed E-state index contributed by atoms with van der Waals surface area (Å²) < 4.78 is 22.7. The summed E-state index contributed by atoms with van der Waals surface area (Å²) in [5, 5.41) is 9.77. The van der Waals surface area contributed by atoms with E-state index < -0.39 is 18.2 Å². The number of hydrogen-bond donors (Lipinski definition) is 1. The molecule has 0 saturated carbocycles. The van der Waals surface area contributed by atoms with Crippen molar-refractivity contribution in [3.63, 3.8) is 0 Å². The molecular formula is C11H14ClFO3. The topological polar surface area (TPSA) is 38.7 Å². The van der Waals surface area contributed by atoms with Crippen LogP contribution in [0, 0.1) is 5.82 Å². The van der Waals surface area contributed by atoms with E-state index in [0.717, 1.165) is 5.56 Å². The summed E-state index contributed by atoms with van der Waals surface area (Å²) in [6, 6.07) is 4.30. The molecule has 0 radical (unpaired) electrons. The lowest BCUT2D eigenvalue weighted by Gasteiger charge is -2.19. The van der Waals surface area contributed by atoms with E-state index in [-0.39, 0.29) is 11.4 Å². The van der Waals surface area contributed by atoms with Crippen LogP contribution in [-0.4, -0.2) is 31.7 Å². The van der Waals surface area contributed by atoms with Crippen LogP contribution in [0.25, 0.3) is 0 Å². The number of methoxy groups -OCH3 is 2. The third-order valence-corrected chi connectivity index (χ3v) is 2.50. The average molecular weight is 249 g/mol. The quantitative estimate of drug-likeness (QED) is 0.810. The molecule has 1 aromatic carbocycles. The molecule has 0 aliphatic rings. The van der Waals surface area contributed by atoms with Crippen LogP contribution in [-0.2, 0) is 15.9 Å². The summed E-state index contributed by atoms with van der Waals surface area (Å²) in [5.41, 5.74) is 0.720. The first-order valence-electron chi connectivity index (χ1n) is 4.76. The zero-order valence-electron chi connectivity index (χ0n) is 9.11. The molecule has 0 bridgehead atoms. The van der Waals surface area contributed by atoms with Crippen LogP contribution in [0.2, 0.25) is 5.02 Å². The molecule has 0 aliphatic heterocycles. The molecule has 0 heterocycles. The van der Waals surface area contributed by atoms with Crippen molar-refractivity contribution in [1.29, 1.82) is 0 Å². The van der Waals surface area contributed by atoms with Crippen LogP contribution in [0.1, 0.15) is 5.56 Å². The standard InChI is InChI=1S/C11H14ClFO3/c1-15-11(16-2)10(14)6-7-3-4-9(13)8(12)5-7/h3-5,10-11,14H,6H2,1-2H3. The van der Waals surface area contributed by atoms with Crippen LogP contribution < -0.4 is 0 Å². The second kappa shape index (κ2) is 6.15. The minimum absolute atomic E-state index is 0.0380. The largest absolute Gasteiger partial charge is 0.387 e. The molecule has 1 aromatic rings. The lowest BCUT2D eigenvalue weighted by Crippen LogP contribution is -2.31. The molecule has 1 N–H and O–H groups in total. The van der Waals surface area contributed by atoms with E-state index >= 15 is 0 Å². The second-order valence-corrected chi connectivity index (χ2v) is 3.77. The molecule has 1 unspecified atom stereocenters. The molecular weight excluding hydrogens is 235 g/mol. The number of aliphatic hydroxyl groups excluding tert-OH is 1. The third-order valence-electron chi connectivity index (χ3n) is 2.21. The summed E-state index contributed by atoms with van der Waals surface area (Å²) in [4.78, 5) is 0. The SMILES string of the molecule is COC(OC)C(O)Cc1ccc(F)c(Cl)c1. The molecule has 16 heavy (non-hydrogen) atoms. The lowest BCUT2D eigenvalue weighted by atomic mass is 10.1. The summed E-state index contributed by atoms with van der Waals surface area (Å²) in [5.74, 6) is -0.477. The van der Waals surface area contributed by atoms with Crippen molar-refractivity contribution in [3.05, 3.63) is 34.6 Å². The molecule has 1 atom stereocenters. The Kier molecular flexibility index (Phi) is 5.15. The minimum Gasteiger partial charge on any atom is -0.387 e. The minimum atomic E-state index is -0.823. The Morgan fingerprint density at radius 2 is 2.00 bits per heavy atom. The number of ether oxygens (including phenoxy) is 2. The second-order valence-electron chi connectivity index (χ2n) is 3.36. The summed E-state index contributed by atoms with van der Waals surface area (Å²) >= 11 is 5.63. The van der Waals surface area contributed by atoms with Crippen molar-refractivity contribution in [2.24, 2.45) is 0 Å². The molecule has 0 spiro atoms. The number of rotatable bonds is 5. The molecule has 0 aliphatic carbocycles. The van der Waals surface area contributed by atoms with Gasteiger partial charge in [-0.15, -0.1) is 0 Å². The van der Waals surface area contributed by atoms with Crippen molar-refractivity contribution in [3.8, 4) is 0 Å². The number of benzene rings is 1. The van der Waals surface area contributed by atoms with Crippen LogP contribution >= 0.6 is 11.6 Å². The van der Waals surface area contributed by atoms with E-state index in [1.54, 1.807) is 6.07 Å². The molecule has 3 nitrogen and oxygen atoms in total. The van der Waals surface area contributed by atoms with Gasteiger partial charge in [0.05, 0.1) is 5.02 Å². The van der Waals surface area contributed by atoms with Gasteiger partial charge in [0, 0.05) is 20.6 Å². The zero-order chi connectivity index (χ0) is 12.1. The highest BCUT2D eigenvalue weighted by Crippen LogP contribution is 2.18. The Bertz CT molecular complexity index is 342. The Morgan fingerprint density at radius 3 is 2.50 bits per heavy atom. The molecule has 1 rings (SSSR count). The van der Waals surface area contributed by atoms with E-state index in [0.29, 0.717) is 0 Å². The maximum absolute atomic E-state index is 12.9. The van der Waals surface area contributed by atoms with Crippen LogP contribution in [0.15, 0.2) is 18.2 Å². The van der Waals surface area contributed by atoms with Gasteiger partial charge in [0.1, 0.15) is 11.9 Å². The summed E-state index contributed by atoms with van der Waals surface area (Å²) in [6.07, 6.45) is -1.24.